The third kappa shape index (κ3) is 6.15. The lowest BCUT2D eigenvalue weighted by molar-refractivity contribution is -0.117. The van der Waals surface area contributed by atoms with Gasteiger partial charge in [0.2, 0.25) is 10.0 Å². The lowest BCUT2D eigenvalue weighted by atomic mass is 10.2. The van der Waals surface area contributed by atoms with E-state index in [0.29, 0.717) is 0 Å². The van der Waals surface area contributed by atoms with Crippen LogP contribution in [0.5, 0.6) is 0 Å². The van der Waals surface area contributed by atoms with Crippen molar-refractivity contribution in [2.45, 2.75) is 25.3 Å². The second kappa shape index (κ2) is 10.2. The van der Waals surface area contributed by atoms with Crippen molar-refractivity contribution in [2.75, 3.05) is 0 Å². The smallest absolute Gasteiger partial charge is 0.269 e. The third-order valence-electron chi connectivity index (χ3n) is 4.98. The highest BCUT2D eigenvalue weighted by Gasteiger charge is 2.16. The average Bonchev–Trinajstić information content (AvgIpc) is 3.06. The number of aryl methyl sites for hydroxylation is 2. The van der Waals surface area contributed by atoms with Gasteiger partial charge in [0.15, 0.2) is 0 Å². The number of hydrogen-bond acceptors (Lipinski definition) is 5. The Balaban J connectivity index is 1.61. The van der Waals surface area contributed by atoms with Crippen LogP contribution in [-0.4, -0.2) is 30.0 Å². The fourth-order valence-corrected chi connectivity index (χ4v) is 4.15. The van der Waals surface area contributed by atoms with Crippen molar-refractivity contribution in [3.8, 4) is 0 Å². The maximum atomic E-state index is 12.6. The third-order valence-corrected chi connectivity index (χ3v) is 6.38. The van der Waals surface area contributed by atoms with Crippen LogP contribution < -0.4 is 15.6 Å². The van der Waals surface area contributed by atoms with E-state index in [0.717, 1.165) is 22.5 Å². The second-order valence-corrected chi connectivity index (χ2v) is 9.09. The number of aromatic nitrogens is 2. The first kappa shape index (κ1) is 23.9. The Labute approximate surface area is 192 Å². The highest BCUT2D eigenvalue weighted by Crippen LogP contribution is 2.14. The van der Waals surface area contributed by atoms with E-state index < -0.39 is 21.8 Å². The molecule has 0 radical (unpaired) electrons. The van der Waals surface area contributed by atoms with Gasteiger partial charge in [-0.25, -0.2) is 13.1 Å². The number of nitrogens with one attached hydrogen (secondary N) is 3. The van der Waals surface area contributed by atoms with E-state index in [1.165, 1.54) is 30.3 Å². The zero-order valence-corrected chi connectivity index (χ0v) is 19.3. The summed E-state index contributed by atoms with van der Waals surface area (Å²) in [5.74, 6) is -1.19. The number of sulfonamides is 1. The Morgan fingerprint density at radius 1 is 1.03 bits per heavy atom. The van der Waals surface area contributed by atoms with E-state index in [2.05, 4.69) is 20.7 Å². The lowest BCUT2D eigenvalue weighted by Gasteiger charge is -2.09. The normalized spacial score (nSPS) is 11.5. The Kier molecular flexibility index (Phi) is 7.41. The summed E-state index contributed by atoms with van der Waals surface area (Å²) in [4.78, 5) is 24.4. The Bertz CT molecular complexity index is 1300. The first-order valence-electron chi connectivity index (χ1n) is 10.1. The Hall–Kier alpha value is -3.76. The maximum Gasteiger partial charge on any atom is 0.269 e. The van der Waals surface area contributed by atoms with Gasteiger partial charge in [-0.2, -0.15) is 5.10 Å². The quantitative estimate of drug-likeness (QED) is 0.362. The highest BCUT2D eigenvalue weighted by molar-refractivity contribution is 7.89. The molecule has 3 N–H and O–H groups in total. The Morgan fingerprint density at radius 3 is 2.42 bits per heavy atom. The molecule has 2 aromatic carbocycles. The van der Waals surface area contributed by atoms with Crippen LogP contribution >= 0.6 is 0 Å². The summed E-state index contributed by atoms with van der Waals surface area (Å²) in [6.45, 7) is 3.84. The van der Waals surface area contributed by atoms with Crippen LogP contribution in [0, 0.1) is 13.8 Å². The summed E-state index contributed by atoms with van der Waals surface area (Å²) in [5, 5.41) is 4.27. The number of hydrazine groups is 1. The van der Waals surface area contributed by atoms with Crippen molar-refractivity contribution in [1.29, 1.82) is 0 Å². The number of carbonyl (C=O) groups excluding carboxylic acids is 2. The van der Waals surface area contributed by atoms with Crippen LogP contribution in [0.4, 0.5) is 0 Å². The van der Waals surface area contributed by atoms with Gasteiger partial charge in [0.25, 0.3) is 11.8 Å². The molecule has 0 aliphatic carbocycles. The van der Waals surface area contributed by atoms with Crippen LogP contribution in [0.1, 0.15) is 32.9 Å². The number of benzene rings is 2. The van der Waals surface area contributed by atoms with E-state index in [1.807, 2.05) is 39.1 Å². The molecule has 172 valence electrons. The van der Waals surface area contributed by atoms with Crippen LogP contribution in [0.2, 0.25) is 0 Å². The number of hydrogen-bond donors (Lipinski definition) is 3. The SMILES string of the molecule is Cc1nn(C)c(C)c1/C=C/C(=O)NNC(=O)c1cccc(S(=O)(=O)NCc2ccccc2)c1. The van der Waals surface area contributed by atoms with Crippen LogP contribution in [-0.2, 0) is 28.4 Å². The predicted octanol–water partition coefficient (Wildman–Crippen LogP) is 1.99. The van der Waals surface area contributed by atoms with Crippen molar-refractivity contribution < 1.29 is 18.0 Å². The van der Waals surface area contributed by atoms with Crippen LogP contribution in [0.15, 0.2) is 65.6 Å². The molecule has 3 rings (SSSR count). The lowest BCUT2D eigenvalue weighted by Crippen LogP contribution is -2.40. The van der Waals surface area contributed by atoms with Crippen LogP contribution in [0.3, 0.4) is 0 Å². The van der Waals surface area contributed by atoms with Gasteiger partial charge in [-0.05, 0) is 43.7 Å². The summed E-state index contributed by atoms with van der Waals surface area (Å²) < 4.78 is 29.4. The highest BCUT2D eigenvalue weighted by atomic mass is 32.2. The minimum absolute atomic E-state index is 0.0557. The van der Waals surface area contributed by atoms with Crippen molar-refractivity contribution >= 4 is 27.9 Å². The van der Waals surface area contributed by atoms with E-state index in [4.69, 9.17) is 0 Å². The molecule has 0 aliphatic rings. The second-order valence-electron chi connectivity index (χ2n) is 7.32. The number of rotatable bonds is 7. The Morgan fingerprint density at radius 2 is 1.76 bits per heavy atom. The molecule has 10 heteroatoms. The molecule has 0 spiro atoms. The molecule has 0 atom stereocenters. The minimum Gasteiger partial charge on any atom is -0.272 e. The van der Waals surface area contributed by atoms with Gasteiger partial charge >= 0.3 is 0 Å². The van der Waals surface area contributed by atoms with Gasteiger partial charge in [-0.15, -0.1) is 0 Å². The summed E-state index contributed by atoms with van der Waals surface area (Å²) in [5.41, 5.74) is 7.96. The molecule has 1 heterocycles. The van der Waals surface area contributed by atoms with Crippen molar-refractivity contribution in [1.82, 2.24) is 25.4 Å². The maximum absolute atomic E-state index is 12.6. The molecule has 0 unspecified atom stereocenters. The molecule has 0 saturated carbocycles. The zero-order valence-electron chi connectivity index (χ0n) is 18.5. The van der Waals surface area contributed by atoms with Crippen molar-refractivity contribution in [3.05, 3.63) is 88.8 Å². The average molecular weight is 468 g/mol. The van der Waals surface area contributed by atoms with Gasteiger partial charge in [0.1, 0.15) is 0 Å². The predicted molar refractivity (Wildman–Crippen MR) is 124 cm³/mol. The van der Waals surface area contributed by atoms with Gasteiger partial charge in [0.05, 0.1) is 10.6 Å². The molecule has 3 aromatic rings. The van der Waals surface area contributed by atoms with E-state index in [9.17, 15) is 18.0 Å². The van der Waals surface area contributed by atoms with E-state index >= 15 is 0 Å². The summed E-state index contributed by atoms with van der Waals surface area (Å²) in [6, 6.07) is 14.6. The first-order chi connectivity index (χ1) is 15.7. The van der Waals surface area contributed by atoms with Gasteiger partial charge in [-0.3, -0.25) is 25.1 Å². The van der Waals surface area contributed by atoms with Crippen molar-refractivity contribution in [2.24, 2.45) is 7.05 Å². The van der Waals surface area contributed by atoms with Gasteiger partial charge in [0, 0.05) is 36.5 Å². The monoisotopic (exact) mass is 467 g/mol. The summed E-state index contributed by atoms with van der Waals surface area (Å²) in [7, 11) is -2.02. The molecule has 0 fully saturated rings. The molecule has 2 amide bonds. The van der Waals surface area contributed by atoms with E-state index in [1.54, 1.807) is 22.9 Å². The number of nitrogens with zero attached hydrogens (tertiary/aromatic N) is 2. The number of carbonyl (C=O) groups is 2. The number of amides is 2. The molecular weight excluding hydrogens is 442 g/mol. The molecule has 33 heavy (non-hydrogen) atoms. The van der Waals surface area contributed by atoms with E-state index in [-0.39, 0.29) is 17.0 Å². The van der Waals surface area contributed by atoms with Gasteiger partial charge < -0.3 is 0 Å². The topological polar surface area (TPSA) is 122 Å². The standard InChI is InChI=1S/C23H25N5O4S/c1-16-21(17(2)28(3)27-16)12-13-22(29)25-26-23(30)19-10-7-11-20(14-19)33(31,32)24-15-18-8-5-4-6-9-18/h4-14,24H,15H2,1-3H3,(H,25,29)(H,26,30)/b13-12+. The summed E-state index contributed by atoms with van der Waals surface area (Å²) >= 11 is 0. The van der Waals surface area contributed by atoms with Crippen LogP contribution in [0.25, 0.3) is 6.08 Å². The first-order valence-corrected chi connectivity index (χ1v) is 11.6. The molecule has 1 aromatic heterocycles. The largest absolute Gasteiger partial charge is 0.272 e. The molecule has 9 nitrogen and oxygen atoms in total. The van der Waals surface area contributed by atoms with Crippen molar-refractivity contribution in [3.63, 3.8) is 0 Å². The molecule has 0 bridgehead atoms. The molecular formula is C23H25N5O4S. The molecule has 0 saturated heterocycles. The summed E-state index contributed by atoms with van der Waals surface area (Å²) in [6.07, 6.45) is 2.90. The fraction of sp³-hybridized carbons (Fsp3) is 0.174. The molecule has 0 aliphatic heterocycles. The zero-order chi connectivity index (χ0) is 24.0. The minimum atomic E-state index is -3.83. The fourth-order valence-electron chi connectivity index (χ4n) is 3.08. The van der Waals surface area contributed by atoms with Gasteiger partial charge in [-0.1, -0.05) is 36.4 Å².